The number of carboxylic acids is 1. The molecular formula is C11H17N3O3. The fourth-order valence-corrected chi connectivity index (χ4v) is 1.69. The van der Waals surface area contributed by atoms with Crippen LogP contribution >= 0.6 is 0 Å². The average molecular weight is 239 g/mol. The third-order valence-electron chi connectivity index (χ3n) is 2.53. The van der Waals surface area contributed by atoms with E-state index in [0.29, 0.717) is 12.2 Å². The maximum atomic E-state index is 12.1. The van der Waals surface area contributed by atoms with Gasteiger partial charge in [0, 0.05) is 18.3 Å². The van der Waals surface area contributed by atoms with Crippen molar-refractivity contribution in [2.45, 2.75) is 33.2 Å². The van der Waals surface area contributed by atoms with Crippen LogP contribution in [0.1, 0.15) is 36.5 Å². The topological polar surface area (TPSA) is 86.3 Å². The number of aliphatic carboxylic acids is 1. The first-order chi connectivity index (χ1) is 7.95. The van der Waals surface area contributed by atoms with Gasteiger partial charge in [0.15, 0.2) is 0 Å². The first-order valence-electron chi connectivity index (χ1n) is 5.50. The van der Waals surface area contributed by atoms with Gasteiger partial charge in [-0.25, -0.2) is 0 Å². The highest BCUT2D eigenvalue weighted by molar-refractivity contribution is 5.92. The van der Waals surface area contributed by atoms with Crippen LogP contribution in [0.3, 0.4) is 0 Å². The molecule has 6 nitrogen and oxygen atoms in total. The van der Waals surface area contributed by atoms with E-state index in [9.17, 15) is 9.59 Å². The minimum atomic E-state index is -0.915. The summed E-state index contributed by atoms with van der Waals surface area (Å²) in [6.45, 7) is 5.80. The number of carbonyl (C=O) groups is 2. The molecule has 17 heavy (non-hydrogen) atoms. The Morgan fingerprint density at radius 1 is 1.59 bits per heavy atom. The fraction of sp³-hybridized carbons (Fsp3) is 0.545. The molecule has 0 bridgehead atoms. The number of nitrogens with zero attached hydrogens (tertiary/aromatic N) is 2. The van der Waals surface area contributed by atoms with E-state index in [-0.39, 0.29) is 18.4 Å². The molecule has 0 fully saturated rings. The van der Waals surface area contributed by atoms with E-state index in [4.69, 9.17) is 5.11 Å². The molecular weight excluding hydrogens is 222 g/mol. The molecule has 94 valence electrons. The summed E-state index contributed by atoms with van der Waals surface area (Å²) in [6, 6.07) is 1.31. The molecule has 0 aromatic carbocycles. The third kappa shape index (κ3) is 3.30. The number of carboxylic acid groups (broad SMARTS) is 1. The van der Waals surface area contributed by atoms with Crippen LogP contribution in [0.5, 0.6) is 0 Å². The van der Waals surface area contributed by atoms with Gasteiger partial charge in [-0.1, -0.05) is 0 Å². The molecule has 1 rings (SSSR count). The number of hydrogen-bond acceptors (Lipinski definition) is 3. The van der Waals surface area contributed by atoms with Crippen molar-refractivity contribution in [3.63, 3.8) is 0 Å². The maximum Gasteiger partial charge on any atom is 0.305 e. The average Bonchev–Trinajstić information content (AvgIpc) is 2.64. The first kappa shape index (κ1) is 13.2. The monoisotopic (exact) mass is 239 g/mol. The zero-order valence-corrected chi connectivity index (χ0v) is 10.2. The zero-order valence-electron chi connectivity index (χ0n) is 10.2. The molecule has 0 aliphatic carbocycles. The van der Waals surface area contributed by atoms with Gasteiger partial charge < -0.3 is 10.0 Å². The normalized spacial score (nSPS) is 12.2. The van der Waals surface area contributed by atoms with Gasteiger partial charge in [-0.3, -0.25) is 14.7 Å². The summed E-state index contributed by atoms with van der Waals surface area (Å²) in [5.74, 6) is -1.16. The lowest BCUT2D eigenvalue weighted by Crippen LogP contribution is -2.39. The van der Waals surface area contributed by atoms with Crippen molar-refractivity contribution >= 4 is 11.9 Å². The van der Waals surface area contributed by atoms with Crippen molar-refractivity contribution in [3.05, 3.63) is 17.5 Å². The largest absolute Gasteiger partial charge is 0.481 e. The number of aromatic nitrogens is 2. The van der Waals surface area contributed by atoms with Crippen LogP contribution in [0, 0.1) is 6.92 Å². The number of nitrogens with one attached hydrogen (secondary N) is 1. The van der Waals surface area contributed by atoms with E-state index in [1.165, 1.54) is 4.90 Å². The van der Waals surface area contributed by atoms with E-state index in [0.717, 1.165) is 5.69 Å². The van der Waals surface area contributed by atoms with Gasteiger partial charge in [0.1, 0.15) is 5.69 Å². The first-order valence-corrected chi connectivity index (χ1v) is 5.50. The number of carbonyl (C=O) groups excluding carboxylic acids is 1. The summed E-state index contributed by atoms with van der Waals surface area (Å²) in [4.78, 5) is 24.2. The van der Waals surface area contributed by atoms with E-state index < -0.39 is 5.97 Å². The molecule has 1 aromatic heterocycles. The molecule has 2 N–H and O–H groups in total. The lowest BCUT2D eigenvalue weighted by molar-refractivity contribution is -0.138. The van der Waals surface area contributed by atoms with Gasteiger partial charge in [-0.15, -0.1) is 0 Å². The fourth-order valence-electron chi connectivity index (χ4n) is 1.69. The second-order valence-electron chi connectivity index (χ2n) is 3.97. The molecule has 6 heteroatoms. The molecule has 0 aliphatic heterocycles. The number of H-pyrrole nitrogens is 1. The number of rotatable bonds is 5. The quantitative estimate of drug-likeness (QED) is 0.803. The standard InChI is InChI=1S/C11H17N3O3/c1-4-14(8(3)6-10(15)16)11(17)9-5-7(2)12-13-9/h5,8H,4,6H2,1-3H3,(H,12,13)(H,15,16). The van der Waals surface area contributed by atoms with E-state index in [1.54, 1.807) is 19.9 Å². The maximum absolute atomic E-state index is 12.1. The second-order valence-corrected chi connectivity index (χ2v) is 3.97. The highest BCUT2D eigenvalue weighted by Crippen LogP contribution is 2.09. The van der Waals surface area contributed by atoms with Gasteiger partial charge >= 0.3 is 5.97 Å². The Hall–Kier alpha value is -1.85. The minimum absolute atomic E-state index is 0.0665. The molecule has 0 aliphatic rings. The highest BCUT2D eigenvalue weighted by Gasteiger charge is 2.23. The highest BCUT2D eigenvalue weighted by atomic mass is 16.4. The van der Waals surface area contributed by atoms with Gasteiger partial charge in [0.25, 0.3) is 5.91 Å². The second kappa shape index (κ2) is 5.47. The Morgan fingerprint density at radius 3 is 2.65 bits per heavy atom. The molecule has 0 saturated heterocycles. The summed E-state index contributed by atoms with van der Waals surface area (Å²) >= 11 is 0. The Bertz CT molecular complexity index is 414. The van der Waals surface area contributed by atoms with Gasteiger partial charge in [0.05, 0.1) is 6.42 Å². The lowest BCUT2D eigenvalue weighted by Gasteiger charge is -2.26. The van der Waals surface area contributed by atoms with E-state index in [2.05, 4.69) is 10.2 Å². The van der Waals surface area contributed by atoms with Crippen LogP contribution in [0.15, 0.2) is 6.07 Å². The van der Waals surface area contributed by atoms with Crippen molar-refractivity contribution in [2.24, 2.45) is 0 Å². The van der Waals surface area contributed by atoms with Crippen LogP contribution in [0.4, 0.5) is 0 Å². The molecule has 1 amide bonds. The van der Waals surface area contributed by atoms with Gasteiger partial charge in [-0.05, 0) is 26.8 Å². The Morgan fingerprint density at radius 2 is 2.24 bits per heavy atom. The predicted octanol–water partition coefficient (Wildman–Crippen LogP) is 1.04. The Kier molecular flexibility index (Phi) is 4.25. The van der Waals surface area contributed by atoms with Crippen molar-refractivity contribution < 1.29 is 14.7 Å². The number of amides is 1. The lowest BCUT2D eigenvalue weighted by atomic mass is 10.2. The van der Waals surface area contributed by atoms with Crippen molar-refractivity contribution in [1.82, 2.24) is 15.1 Å². The van der Waals surface area contributed by atoms with Crippen molar-refractivity contribution in [2.75, 3.05) is 6.54 Å². The molecule has 1 unspecified atom stereocenters. The summed E-state index contributed by atoms with van der Waals surface area (Å²) in [6.07, 6.45) is -0.0665. The minimum Gasteiger partial charge on any atom is -0.481 e. The molecule has 0 saturated carbocycles. The summed E-state index contributed by atoms with van der Waals surface area (Å²) < 4.78 is 0. The van der Waals surface area contributed by atoms with Crippen molar-refractivity contribution in [1.29, 1.82) is 0 Å². The van der Waals surface area contributed by atoms with Crippen LogP contribution < -0.4 is 0 Å². The predicted molar refractivity (Wildman–Crippen MR) is 61.8 cm³/mol. The van der Waals surface area contributed by atoms with Crippen LogP contribution in [0.25, 0.3) is 0 Å². The van der Waals surface area contributed by atoms with Crippen LogP contribution in [0.2, 0.25) is 0 Å². The Labute approximate surface area is 99.6 Å². The van der Waals surface area contributed by atoms with Crippen LogP contribution in [-0.2, 0) is 4.79 Å². The van der Waals surface area contributed by atoms with Gasteiger partial charge in [-0.2, -0.15) is 5.10 Å². The molecule has 1 aromatic rings. The summed E-state index contributed by atoms with van der Waals surface area (Å²) in [5, 5.41) is 15.3. The smallest absolute Gasteiger partial charge is 0.305 e. The summed E-state index contributed by atoms with van der Waals surface area (Å²) in [7, 11) is 0. The zero-order chi connectivity index (χ0) is 13.0. The van der Waals surface area contributed by atoms with Crippen molar-refractivity contribution in [3.8, 4) is 0 Å². The molecule has 1 atom stereocenters. The molecule has 1 heterocycles. The van der Waals surface area contributed by atoms with E-state index in [1.807, 2.05) is 6.92 Å². The van der Waals surface area contributed by atoms with Gasteiger partial charge in [0.2, 0.25) is 0 Å². The molecule has 0 spiro atoms. The third-order valence-corrected chi connectivity index (χ3v) is 2.53. The molecule has 0 radical (unpaired) electrons. The number of aromatic amines is 1. The number of hydrogen-bond donors (Lipinski definition) is 2. The summed E-state index contributed by atoms with van der Waals surface area (Å²) in [5.41, 5.74) is 1.12. The SMILES string of the molecule is CCN(C(=O)c1cc(C)[nH]n1)C(C)CC(=O)O. The number of aryl methyl sites for hydroxylation is 1. The van der Waals surface area contributed by atoms with Crippen LogP contribution in [-0.4, -0.2) is 44.7 Å². The van der Waals surface area contributed by atoms with E-state index >= 15 is 0 Å². The Balaban J connectivity index is 2.80.